The first-order chi connectivity index (χ1) is 13.8. The van der Waals surface area contributed by atoms with Crippen molar-refractivity contribution in [3.8, 4) is 5.75 Å². The number of hydrazone groups is 1. The lowest BCUT2D eigenvalue weighted by Gasteiger charge is -2.09. The lowest BCUT2D eigenvalue weighted by molar-refractivity contribution is -0.137. The number of nitrogens with one attached hydrogen (secondary N) is 1. The molecule has 150 valence electrons. The van der Waals surface area contributed by atoms with Crippen molar-refractivity contribution in [1.82, 2.24) is 4.98 Å². The summed E-state index contributed by atoms with van der Waals surface area (Å²) >= 11 is 5.57. The number of rotatable bonds is 6. The molecule has 1 N–H and O–H groups in total. The van der Waals surface area contributed by atoms with E-state index in [0.717, 1.165) is 37.2 Å². The number of halogens is 5. The van der Waals surface area contributed by atoms with Crippen molar-refractivity contribution >= 4 is 50.6 Å². The van der Waals surface area contributed by atoms with E-state index in [0.29, 0.717) is 6.61 Å². The van der Waals surface area contributed by atoms with E-state index in [-0.39, 0.29) is 5.82 Å². The molecule has 0 aliphatic heterocycles. The van der Waals surface area contributed by atoms with E-state index in [1.807, 2.05) is 42.5 Å². The van der Waals surface area contributed by atoms with E-state index in [1.54, 1.807) is 6.21 Å². The van der Waals surface area contributed by atoms with Crippen molar-refractivity contribution in [1.29, 1.82) is 0 Å². The molecule has 29 heavy (non-hydrogen) atoms. The van der Waals surface area contributed by atoms with Crippen LogP contribution in [0.25, 0.3) is 0 Å². The van der Waals surface area contributed by atoms with Gasteiger partial charge in [0.15, 0.2) is 0 Å². The molecule has 3 rings (SSSR count). The zero-order chi connectivity index (χ0) is 20.9. The molecule has 0 aliphatic carbocycles. The van der Waals surface area contributed by atoms with Crippen molar-refractivity contribution < 1.29 is 17.9 Å². The van der Waals surface area contributed by atoms with Crippen molar-refractivity contribution in [3.05, 3.63) is 85.5 Å². The highest BCUT2D eigenvalue weighted by Crippen LogP contribution is 2.29. The van der Waals surface area contributed by atoms with Crippen LogP contribution in [0.2, 0.25) is 0 Å². The molecule has 0 radical (unpaired) electrons. The van der Waals surface area contributed by atoms with Gasteiger partial charge in [-0.15, -0.1) is 0 Å². The van der Waals surface area contributed by atoms with E-state index in [2.05, 4.69) is 54.0 Å². The van der Waals surface area contributed by atoms with Crippen LogP contribution in [0.15, 0.2) is 70.4 Å². The molecule has 0 spiro atoms. The van der Waals surface area contributed by atoms with E-state index in [4.69, 9.17) is 4.74 Å². The van der Waals surface area contributed by atoms with Gasteiger partial charge >= 0.3 is 6.18 Å². The van der Waals surface area contributed by atoms with Gasteiger partial charge in [-0.3, -0.25) is 5.43 Å². The SMILES string of the molecule is FC(F)(F)c1ccc(N/N=C\c2ccc(OCc3ccc(Br)cc3)c(I)c2)nc1. The summed E-state index contributed by atoms with van der Waals surface area (Å²) in [6.45, 7) is 0.456. The molecule has 1 heterocycles. The minimum atomic E-state index is -4.41. The number of hydrogen-bond acceptors (Lipinski definition) is 4. The predicted molar refractivity (Wildman–Crippen MR) is 118 cm³/mol. The summed E-state index contributed by atoms with van der Waals surface area (Å²) in [7, 11) is 0. The summed E-state index contributed by atoms with van der Waals surface area (Å²) in [5, 5.41) is 4.01. The maximum absolute atomic E-state index is 12.5. The molecule has 0 unspecified atom stereocenters. The smallest absolute Gasteiger partial charge is 0.417 e. The number of aromatic nitrogens is 1. The minimum absolute atomic E-state index is 0.221. The third-order valence-electron chi connectivity index (χ3n) is 3.75. The lowest BCUT2D eigenvalue weighted by Crippen LogP contribution is -2.05. The Balaban J connectivity index is 1.57. The van der Waals surface area contributed by atoms with E-state index in [1.165, 1.54) is 6.07 Å². The second kappa shape index (κ2) is 9.57. The Kier molecular flexibility index (Phi) is 7.12. The van der Waals surface area contributed by atoms with Crippen LogP contribution in [-0.4, -0.2) is 11.2 Å². The maximum atomic E-state index is 12.5. The predicted octanol–water partition coefficient (Wildman–Crippen LogP) is 6.49. The van der Waals surface area contributed by atoms with Crippen molar-refractivity contribution in [3.63, 3.8) is 0 Å². The van der Waals surface area contributed by atoms with E-state index < -0.39 is 11.7 Å². The highest BCUT2D eigenvalue weighted by Gasteiger charge is 2.30. The van der Waals surface area contributed by atoms with Gasteiger partial charge in [0, 0.05) is 10.7 Å². The Bertz CT molecular complexity index is 993. The van der Waals surface area contributed by atoms with Crippen LogP contribution in [-0.2, 0) is 12.8 Å². The van der Waals surface area contributed by atoms with Crippen LogP contribution in [0, 0.1) is 3.57 Å². The van der Waals surface area contributed by atoms with Crippen LogP contribution in [0.3, 0.4) is 0 Å². The van der Waals surface area contributed by atoms with Crippen LogP contribution in [0.4, 0.5) is 19.0 Å². The van der Waals surface area contributed by atoms with Crippen LogP contribution >= 0.6 is 38.5 Å². The van der Waals surface area contributed by atoms with E-state index in [9.17, 15) is 13.2 Å². The fraction of sp³-hybridized carbons (Fsp3) is 0.100. The first kappa shape index (κ1) is 21.6. The zero-order valence-corrected chi connectivity index (χ0v) is 18.5. The van der Waals surface area contributed by atoms with Gasteiger partial charge in [0.05, 0.1) is 15.3 Å². The molecular weight excluding hydrogens is 562 g/mol. The molecule has 1 aromatic heterocycles. The summed E-state index contributed by atoms with van der Waals surface area (Å²) < 4.78 is 45.4. The molecule has 0 amide bonds. The molecule has 0 fully saturated rings. The molecule has 3 aromatic rings. The number of pyridine rings is 1. The summed E-state index contributed by atoms with van der Waals surface area (Å²) in [6, 6.07) is 15.6. The Morgan fingerprint density at radius 2 is 1.86 bits per heavy atom. The van der Waals surface area contributed by atoms with Crippen LogP contribution in [0.1, 0.15) is 16.7 Å². The Morgan fingerprint density at radius 3 is 2.48 bits per heavy atom. The van der Waals surface area contributed by atoms with Crippen molar-refractivity contribution in [2.45, 2.75) is 12.8 Å². The summed E-state index contributed by atoms with van der Waals surface area (Å²) in [6.07, 6.45) is -2.09. The summed E-state index contributed by atoms with van der Waals surface area (Å²) in [5.41, 5.74) is 3.67. The molecule has 0 saturated carbocycles. The van der Waals surface area contributed by atoms with Gasteiger partial charge in [-0.05, 0) is 76.2 Å². The van der Waals surface area contributed by atoms with Gasteiger partial charge in [-0.25, -0.2) is 4.98 Å². The highest BCUT2D eigenvalue weighted by atomic mass is 127. The number of alkyl halides is 3. The molecule has 0 aliphatic rings. The Labute approximate surface area is 187 Å². The van der Waals surface area contributed by atoms with E-state index >= 15 is 0 Å². The largest absolute Gasteiger partial charge is 0.488 e. The Morgan fingerprint density at radius 1 is 1.10 bits per heavy atom. The highest BCUT2D eigenvalue weighted by molar-refractivity contribution is 14.1. The van der Waals surface area contributed by atoms with Gasteiger partial charge in [0.2, 0.25) is 0 Å². The number of benzene rings is 2. The summed E-state index contributed by atoms with van der Waals surface area (Å²) in [4.78, 5) is 3.70. The third kappa shape index (κ3) is 6.43. The normalized spacial score (nSPS) is 11.6. The molecule has 0 atom stereocenters. The molecule has 2 aromatic carbocycles. The maximum Gasteiger partial charge on any atom is 0.417 e. The molecule has 9 heteroatoms. The second-order valence-corrected chi connectivity index (χ2v) is 7.98. The number of anilines is 1. The minimum Gasteiger partial charge on any atom is -0.488 e. The first-order valence-electron chi connectivity index (χ1n) is 8.30. The number of ether oxygens (including phenoxy) is 1. The van der Waals surface area contributed by atoms with Gasteiger partial charge < -0.3 is 4.74 Å². The fourth-order valence-corrected chi connectivity index (χ4v) is 3.22. The number of hydrogen-bond donors (Lipinski definition) is 1. The van der Waals surface area contributed by atoms with Crippen LogP contribution < -0.4 is 10.2 Å². The lowest BCUT2D eigenvalue weighted by atomic mass is 10.2. The van der Waals surface area contributed by atoms with Gasteiger partial charge in [0.1, 0.15) is 18.2 Å². The zero-order valence-electron chi connectivity index (χ0n) is 14.8. The average Bonchev–Trinajstić information content (AvgIpc) is 2.68. The third-order valence-corrected chi connectivity index (χ3v) is 5.12. The van der Waals surface area contributed by atoms with Gasteiger partial charge in [-0.2, -0.15) is 18.3 Å². The van der Waals surface area contributed by atoms with Gasteiger partial charge in [0.25, 0.3) is 0 Å². The molecular formula is C20H14BrF3IN3O. The molecule has 4 nitrogen and oxygen atoms in total. The second-order valence-electron chi connectivity index (χ2n) is 5.90. The first-order valence-corrected chi connectivity index (χ1v) is 10.2. The number of nitrogens with zero attached hydrogens (tertiary/aromatic N) is 2. The van der Waals surface area contributed by atoms with Gasteiger partial charge in [-0.1, -0.05) is 28.1 Å². The van der Waals surface area contributed by atoms with Crippen molar-refractivity contribution in [2.75, 3.05) is 5.43 Å². The summed E-state index contributed by atoms with van der Waals surface area (Å²) in [5.74, 6) is 0.974. The fourth-order valence-electron chi connectivity index (χ4n) is 2.26. The topological polar surface area (TPSA) is 46.5 Å². The van der Waals surface area contributed by atoms with Crippen molar-refractivity contribution in [2.24, 2.45) is 5.10 Å². The standard InChI is InChI=1S/C20H14BrF3IN3O/c21-16-5-1-13(2-6-16)12-29-18-7-3-14(9-17(18)25)10-27-28-19-8-4-15(11-26-19)20(22,23)24/h1-11H,12H2,(H,26,28)/b27-10-. The molecule has 0 saturated heterocycles. The Hall–Kier alpha value is -2.14. The average molecular weight is 576 g/mol. The monoisotopic (exact) mass is 575 g/mol. The quantitative estimate of drug-likeness (QED) is 0.207. The van der Waals surface area contributed by atoms with Crippen LogP contribution in [0.5, 0.6) is 5.75 Å². The molecule has 0 bridgehead atoms.